The Morgan fingerprint density at radius 3 is 2.31 bits per heavy atom. The van der Waals surface area contributed by atoms with Crippen LogP contribution in [0.3, 0.4) is 0 Å². The van der Waals surface area contributed by atoms with Gasteiger partial charge in [0.1, 0.15) is 0 Å². The van der Waals surface area contributed by atoms with Gasteiger partial charge in [-0.15, -0.1) is 0 Å². The van der Waals surface area contributed by atoms with Crippen molar-refractivity contribution >= 4 is 11.8 Å². The van der Waals surface area contributed by atoms with Crippen molar-refractivity contribution in [3.05, 3.63) is 48.6 Å². The van der Waals surface area contributed by atoms with Crippen molar-refractivity contribution in [3.8, 4) is 0 Å². The van der Waals surface area contributed by atoms with Crippen LogP contribution in [-0.2, 0) is 0 Å². The maximum absolute atomic E-state index is 4.18. The molecule has 0 saturated carbocycles. The average Bonchev–Trinajstić information content (AvgIpc) is 2.25. The van der Waals surface area contributed by atoms with E-state index >= 15 is 0 Å². The average molecular weight is 215 g/mol. The lowest BCUT2D eigenvalue weighted by atomic mass is 10.0. The predicted octanol–water partition coefficient (Wildman–Crippen LogP) is 4.03. The van der Waals surface area contributed by atoms with E-state index in [9.17, 15) is 0 Å². The second-order valence-electron chi connectivity index (χ2n) is 4.97. The summed E-state index contributed by atoms with van der Waals surface area (Å²) in [4.78, 5) is 2.19. The standard InChI is InChI=1S/C15H21N/c1-7-13-10-8-9-11-14(13)12(2)16(6)15(3,4)5/h7-11H,1-2H2,3-6H3. The Bertz CT molecular complexity index is 396. The van der Waals surface area contributed by atoms with Crippen LogP contribution in [0.5, 0.6) is 0 Å². The van der Waals surface area contributed by atoms with Crippen molar-refractivity contribution in [3.63, 3.8) is 0 Å². The highest BCUT2D eigenvalue weighted by Crippen LogP contribution is 2.26. The van der Waals surface area contributed by atoms with Gasteiger partial charge in [-0.1, -0.05) is 43.5 Å². The monoisotopic (exact) mass is 215 g/mol. The number of rotatable bonds is 3. The van der Waals surface area contributed by atoms with Crippen molar-refractivity contribution < 1.29 is 0 Å². The van der Waals surface area contributed by atoms with Crippen LogP contribution in [0, 0.1) is 0 Å². The Morgan fingerprint density at radius 2 is 1.81 bits per heavy atom. The van der Waals surface area contributed by atoms with Gasteiger partial charge >= 0.3 is 0 Å². The fourth-order valence-corrected chi connectivity index (χ4v) is 1.52. The molecule has 0 N–H and O–H groups in total. The molecular weight excluding hydrogens is 194 g/mol. The van der Waals surface area contributed by atoms with Gasteiger partial charge in [0, 0.05) is 23.8 Å². The van der Waals surface area contributed by atoms with Crippen LogP contribution < -0.4 is 0 Å². The van der Waals surface area contributed by atoms with Gasteiger partial charge in [-0.2, -0.15) is 0 Å². The molecule has 0 saturated heterocycles. The summed E-state index contributed by atoms with van der Waals surface area (Å²) in [6, 6.07) is 8.19. The lowest BCUT2D eigenvalue weighted by Crippen LogP contribution is -2.36. The molecule has 0 unspecified atom stereocenters. The largest absolute Gasteiger partial charge is 0.370 e. The smallest absolute Gasteiger partial charge is 0.0374 e. The molecule has 1 aromatic carbocycles. The van der Waals surface area contributed by atoms with Gasteiger partial charge in [0.25, 0.3) is 0 Å². The number of nitrogens with zero attached hydrogens (tertiary/aromatic N) is 1. The molecule has 0 aliphatic rings. The number of hydrogen-bond acceptors (Lipinski definition) is 1. The maximum atomic E-state index is 4.18. The van der Waals surface area contributed by atoms with Gasteiger partial charge < -0.3 is 4.90 Å². The van der Waals surface area contributed by atoms with Crippen LogP contribution in [0.4, 0.5) is 0 Å². The first-order chi connectivity index (χ1) is 7.38. The quantitative estimate of drug-likeness (QED) is 0.735. The van der Waals surface area contributed by atoms with E-state index in [2.05, 4.69) is 58.0 Å². The minimum Gasteiger partial charge on any atom is -0.370 e. The highest BCUT2D eigenvalue weighted by molar-refractivity contribution is 5.71. The highest BCUT2D eigenvalue weighted by atomic mass is 15.2. The summed E-state index contributed by atoms with van der Waals surface area (Å²) in [7, 11) is 2.07. The van der Waals surface area contributed by atoms with E-state index in [4.69, 9.17) is 0 Å². The molecule has 0 bridgehead atoms. The molecule has 0 heterocycles. The molecule has 86 valence electrons. The third kappa shape index (κ3) is 2.54. The molecular formula is C15H21N. The molecule has 0 amide bonds. The Kier molecular flexibility index (Phi) is 3.58. The van der Waals surface area contributed by atoms with Crippen molar-refractivity contribution in [2.75, 3.05) is 7.05 Å². The van der Waals surface area contributed by atoms with Crippen LogP contribution in [0.15, 0.2) is 37.4 Å². The van der Waals surface area contributed by atoms with Gasteiger partial charge in [-0.3, -0.25) is 0 Å². The Morgan fingerprint density at radius 1 is 1.25 bits per heavy atom. The van der Waals surface area contributed by atoms with Gasteiger partial charge in [-0.05, 0) is 26.3 Å². The fraction of sp³-hybridized carbons (Fsp3) is 0.333. The summed E-state index contributed by atoms with van der Waals surface area (Å²) in [5.74, 6) is 0. The Balaban J connectivity index is 3.10. The van der Waals surface area contributed by atoms with E-state index in [0.29, 0.717) is 0 Å². The summed E-state index contributed by atoms with van der Waals surface area (Å²) < 4.78 is 0. The minimum absolute atomic E-state index is 0.0748. The van der Waals surface area contributed by atoms with Crippen molar-refractivity contribution in [2.45, 2.75) is 26.3 Å². The maximum Gasteiger partial charge on any atom is 0.0374 e. The first-order valence-electron chi connectivity index (χ1n) is 5.52. The molecule has 1 nitrogen and oxygen atoms in total. The SMILES string of the molecule is C=Cc1ccccc1C(=C)N(C)C(C)(C)C. The molecule has 0 aromatic heterocycles. The fourth-order valence-electron chi connectivity index (χ4n) is 1.52. The number of benzene rings is 1. The molecule has 1 rings (SSSR count). The minimum atomic E-state index is 0.0748. The van der Waals surface area contributed by atoms with Crippen LogP contribution in [-0.4, -0.2) is 17.5 Å². The summed E-state index contributed by atoms with van der Waals surface area (Å²) in [5, 5.41) is 0. The van der Waals surface area contributed by atoms with E-state index in [1.807, 2.05) is 18.2 Å². The van der Waals surface area contributed by atoms with Crippen molar-refractivity contribution in [1.82, 2.24) is 4.90 Å². The zero-order valence-corrected chi connectivity index (χ0v) is 10.7. The third-order valence-electron chi connectivity index (χ3n) is 2.90. The lowest BCUT2D eigenvalue weighted by molar-refractivity contribution is 0.266. The topological polar surface area (TPSA) is 3.24 Å². The molecule has 1 aromatic rings. The first-order valence-corrected chi connectivity index (χ1v) is 5.52. The highest BCUT2D eigenvalue weighted by Gasteiger charge is 2.19. The van der Waals surface area contributed by atoms with Gasteiger partial charge in [0.15, 0.2) is 0 Å². The van der Waals surface area contributed by atoms with Gasteiger partial charge in [0.2, 0.25) is 0 Å². The summed E-state index contributed by atoms with van der Waals surface area (Å²) in [6.07, 6.45) is 1.87. The third-order valence-corrected chi connectivity index (χ3v) is 2.90. The van der Waals surface area contributed by atoms with Crippen LogP contribution in [0.25, 0.3) is 11.8 Å². The first kappa shape index (κ1) is 12.6. The molecule has 0 radical (unpaired) electrons. The molecule has 0 aliphatic carbocycles. The van der Waals surface area contributed by atoms with E-state index in [1.165, 1.54) is 0 Å². The Hall–Kier alpha value is -1.50. The van der Waals surface area contributed by atoms with Gasteiger partial charge in [-0.25, -0.2) is 0 Å². The lowest BCUT2D eigenvalue weighted by Gasteiger charge is -2.36. The molecule has 0 aliphatic heterocycles. The molecule has 1 heteroatoms. The zero-order chi connectivity index (χ0) is 12.3. The van der Waals surface area contributed by atoms with Crippen molar-refractivity contribution in [2.24, 2.45) is 0 Å². The van der Waals surface area contributed by atoms with Crippen LogP contribution >= 0.6 is 0 Å². The summed E-state index contributed by atoms with van der Waals surface area (Å²) in [5.41, 5.74) is 3.38. The van der Waals surface area contributed by atoms with Crippen LogP contribution in [0.2, 0.25) is 0 Å². The Labute approximate surface area is 99.1 Å². The summed E-state index contributed by atoms with van der Waals surface area (Å²) in [6.45, 7) is 14.5. The van der Waals surface area contributed by atoms with Crippen molar-refractivity contribution in [1.29, 1.82) is 0 Å². The predicted molar refractivity (Wildman–Crippen MR) is 73.1 cm³/mol. The van der Waals surface area contributed by atoms with Gasteiger partial charge in [0.05, 0.1) is 0 Å². The van der Waals surface area contributed by atoms with E-state index < -0.39 is 0 Å². The van der Waals surface area contributed by atoms with E-state index in [1.54, 1.807) is 0 Å². The summed E-state index contributed by atoms with van der Waals surface area (Å²) >= 11 is 0. The zero-order valence-electron chi connectivity index (χ0n) is 10.7. The van der Waals surface area contributed by atoms with Crippen LogP contribution in [0.1, 0.15) is 31.9 Å². The molecule has 0 fully saturated rings. The normalized spacial score (nSPS) is 11.0. The number of hydrogen-bond donors (Lipinski definition) is 0. The molecule has 0 atom stereocenters. The molecule has 16 heavy (non-hydrogen) atoms. The van der Waals surface area contributed by atoms with E-state index in [-0.39, 0.29) is 5.54 Å². The molecule has 0 spiro atoms. The van der Waals surface area contributed by atoms with E-state index in [0.717, 1.165) is 16.8 Å². The second-order valence-corrected chi connectivity index (χ2v) is 4.97. The second kappa shape index (κ2) is 4.56.